The lowest BCUT2D eigenvalue weighted by atomic mass is 9.77. The Hall–Kier alpha value is -0.120. The van der Waals surface area contributed by atoms with E-state index < -0.39 is 0 Å². The first kappa shape index (κ1) is 13.9. The van der Waals surface area contributed by atoms with Crippen molar-refractivity contribution in [2.24, 2.45) is 0 Å². The zero-order valence-electron chi connectivity index (χ0n) is 11.1. The Morgan fingerprint density at radius 3 is 2.50 bits per heavy atom. The predicted molar refractivity (Wildman–Crippen MR) is 66.8 cm³/mol. The minimum atomic E-state index is 0.169. The van der Waals surface area contributed by atoms with Crippen LogP contribution in [-0.4, -0.2) is 38.0 Å². The van der Waals surface area contributed by atoms with Crippen LogP contribution >= 0.6 is 0 Å². The maximum atomic E-state index is 6.00. The van der Waals surface area contributed by atoms with Gasteiger partial charge in [-0.1, -0.05) is 6.92 Å². The van der Waals surface area contributed by atoms with E-state index in [0.29, 0.717) is 6.10 Å². The molecule has 0 aromatic carbocycles. The molecule has 0 aromatic rings. The van der Waals surface area contributed by atoms with Gasteiger partial charge in [0.25, 0.3) is 0 Å². The van der Waals surface area contributed by atoms with Crippen LogP contribution < -0.4 is 5.32 Å². The van der Waals surface area contributed by atoms with E-state index in [1.807, 2.05) is 0 Å². The average Bonchev–Trinajstić information content (AvgIpc) is 2.19. The van der Waals surface area contributed by atoms with Crippen LogP contribution in [0.5, 0.6) is 0 Å². The lowest BCUT2D eigenvalue weighted by Crippen LogP contribution is -2.43. The van der Waals surface area contributed by atoms with E-state index >= 15 is 0 Å². The summed E-state index contributed by atoms with van der Waals surface area (Å²) in [6.07, 6.45) is 5.21. The van der Waals surface area contributed by atoms with Crippen LogP contribution in [0.3, 0.4) is 0 Å². The highest BCUT2D eigenvalue weighted by atomic mass is 16.5. The van der Waals surface area contributed by atoms with Gasteiger partial charge in [0.2, 0.25) is 0 Å². The molecule has 1 N–H and O–H groups in total. The molecule has 1 aliphatic rings. The molecule has 1 rings (SSSR count). The molecule has 0 spiro atoms. The number of nitrogens with one attached hydrogen (secondary N) is 1. The van der Waals surface area contributed by atoms with Gasteiger partial charge in [-0.15, -0.1) is 0 Å². The van der Waals surface area contributed by atoms with E-state index in [1.54, 1.807) is 0 Å². The van der Waals surface area contributed by atoms with Crippen LogP contribution in [0.15, 0.2) is 0 Å². The molecule has 0 unspecified atom stereocenters. The Kier molecular flexibility index (Phi) is 6.32. The van der Waals surface area contributed by atoms with Crippen LogP contribution in [0.1, 0.15) is 46.5 Å². The molecule has 1 saturated carbocycles. The summed E-state index contributed by atoms with van der Waals surface area (Å²) in [4.78, 5) is 0. The maximum absolute atomic E-state index is 6.00. The number of hydrogen-bond donors (Lipinski definition) is 1. The van der Waals surface area contributed by atoms with Crippen LogP contribution in [0.2, 0.25) is 0 Å². The third-order valence-corrected chi connectivity index (χ3v) is 3.21. The fraction of sp³-hybridized carbons (Fsp3) is 1.00. The van der Waals surface area contributed by atoms with Crippen LogP contribution in [-0.2, 0) is 9.47 Å². The summed E-state index contributed by atoms with van der Waals surface area (Å²) in [6, 6.07) is 0. The maximum Gasteiger partial charge on any atom is 0.0708 e. The van der Waals surface area contributed by atoms with Gasteiger partial charge < -0.3 is 14.8 Å². The molecule has 0 amide bonds. The first-order chi connectivity index (χ1) is 7.68. The summed E-state index contributed by atoms with van der Waals surface area (Å²) in [5.41, 5.74) is 0.169. The van der Waals surface area contributed by atoms with Crippen LogP contribution in [0.25, 0.3) is 0 Å². The lowest BCUT2D eigenvalue weighted by molar-refractivity contribution is -0.121. The lowest BCUT2D eigenvalue weighted by Gasteiger charge is -2.42. The monoisotopic (exact) mass is 229 g/mol. The highest BCUT2D eigenvalue weighted by Crippen LogP contribution is 2.38. The standard InChI is InChI=1S/C13H27NO2/c1-4-14-9-8-13(6-5-7-13)16-11-10-15-12(2)3/h12,14H,4-11H2,1-3H3. The topological polar surface area (TPSA) is 30.5 Å². The van der Waals surface area contributed by atoms with Crippen molar-refractivity contribution in [3.05, 3.63) is 0 Å². The first-order valence-electron chi connectivity index (χ1n) is 6.65. The van der Waals surface area contributed by atoms with E-state index in [0.717, 1.165) is 32.7 Å². The normalized spacial score (nSPS) is 18.8. The van der Waals surface area contributed by atoms with E-state index in [4.69, 9.17) is 9.47 Å². The summed E-state index contributed by atoms with van der Waals surface area (Å²) < 4.78 is 11.5. The fourth-order valence-electron chi connectivity index (χ4n) is 2.07. The molecule has 0 radical (unpaired) electrons. The number of ether oxygens (including phenoxy) is 2. The Morgan fingerprint density at radius 2 is 2.00 bits per heavy atom. The summed E-state index contributed by atoms with van der Waals surface area (Å²) in [6.45, 7) is 9.85. The third kappa shape index (κ3) is 4.81. The van der Waals surface area contributed by atoms with E-state index in [2.05, 4.69) is 26.1 Å². The largest absolute Gasteiger partial charge is 0.376 e. The summed E-state index contributed by atoms with van der Waals surface area (Å²) >= 11 is 0. The minimum absolute atomic E-state index is 0.169. The zero-order chi connectivity index (χ0) is 11.9. The highest BCUT2D eigenvalue weighted by Gasteiger charge is 2.37. The highest BCUT2D eigenvalue weighted by molar-refractivity contribution is 4.90. The molecule has 0 heterocycles. The molecule has 3 nitrogen and oxygen atoms in total. The Morgan fingerprint density at radius 1 is 1.25 bits per heavy atom. The smallest absolute Gasteiger partial charge is 0.0708 e. The second-order valence-corrected chi connectivity index (χ2v) is 4.91. The van der Waals surface area contributed by atoms with Gasteiger partial charge in [-0.05, 0) is 52.6 Å². The Labute approximate surface area is 99.9 Å². The molecule has 96 valence electrons. The van der Waals surface area contributed by atoms with E-state index in [9.17, 15) is 0 Å². The minimum Gasteiger partial charge on any atom is -0.376 e. The van der Waals surface area contributed by atoms with E-state index in [1.165, 1.54) is 19.3 Å². The van der Waals surface area contributed by atoms with Gasteiger partial charge in [-0.25, -0.2) is 0 Å². The fourth-order valence-corrected chi connectivity index (χ4v) is 2.07. The van der Waals surface area contributed by atoms with Crippen molar-refractivity contribution in [3.63, 3.8) is 0 Å². The molecular formula is C13H27NO2. The number of rotatable bonds is 9. The molecule has 1 aliphatic carbocycles. The van der Waals surface area contributed by atoms with Crippen molar-refractivity contribution >= 4 is 0 Å². The van der Waals surface area contributed by atoms with Crippen molar-refractivity contribution in [2.45, 2.75) is 58.2 Å². The third-order valence-electron chi connectivity index (χ3n) is 3.21. The molecule has 3 heteroatoms. The summed E-state index contributed by atoms with van der Waals surface area (Å²) in [5.74, 6) is 0. The Balaban J connectivity index is 2.10. The van der Waals surface area contributed by atoms with Crippen molar-refractivity contribution in [3.8, 4) is 0 Å². The molecule has 0 saturated heterocycles. The van der Waals surface area contributed by atoms with Crippen molar-refractivity contribution < 1.29 is 9.47 Å². The molecule has 0 aromatic heterocycles. The molecule has 1 fully saturated rings. The molecule has 0 aliphatic heterocycles. The number of hydrogen-bond acceptors (Lipinski definition) is 3. The van der Waals surface area contributed by atoms with Crippen molar-refractivity contribution in [1.29, 1.82) is 0 Å². The SMILES string of the molecule is CCNCCC1(OCCOC(C)C)CCC1. The van der Waals surface area contributed by atoms with Crippen LogP contribution in [0.4, 0.5) is 0 Å². The molecule has 0 atom stereocenters. The van der Waals surface area contributed by atoms with Gasteiger partial charge in [0, 0.05) is 0 Å². The van der Waals surface area contributed by atoms with Gasteiger partial charge in [0.1, 0.15) is 0 Å². The van der Waals surface area contributed by atoms with Crippen molar-refractivity contribution in [1.82, 2.24) is 5.32 Å². The van der Waals surface area contributed by atoms with Gasteiger partial charge in [-0.3, -0.25) is 0 Å². The summed E-state index contributed by atoms with van der Waals surface area (Å²) in [7, 11) is 0. The van der Waals surface area contributed by atoms with Gasteiger partial charge in [0.15, 0.2) is 0 Å². The second kappa shape index (κ2) is 7.25. The zero-order valence-corrected chi connectivity index (χ0v) is 11.1. The van der Waals surface area contributed by atoms with E-state index in [-0.39, 0.29) is 5.60 Å². The summed E-state index contributed by atoms with van der Waals surface area (Å²) in [5, 5.41) is 3.37. The van der Waals surface area contributed by atoms with Gasteiger partial charge in [0.05, 0.1) is 24.9 Å². The Bertz CT molecular complexity index is 179. The first-order valence-corrected chi connectivity index (χ1v) is 6.65. The van der Waals surface area contributed by atoms with Crippen LogP contribution in [0, 0.1) is 0 Å². The molecular weight excluding hydrogens is 202 g/mol. The molecule has 0 bridgehead atoms. The molecule has 16 heavy (non-hydrogen) atoms. The average molecular weight is 229 g/mol. The van der Waals surface area contributed by atoms with Gasteiger partial charge >= 0.3 is 0 Å². The predicted octanol–water partition coefficient (Wildman–Crippen LogP) is 2.35. The van der Waals surface area contributed by atoms with Gasteiger partial charge in [-0.2, -0.15) is 0 Å². The van der Waals surface area contributed by atoms with Crippen molar-refractivity contribution in [2.75, 3.05) is 26.3 Å². The second-order valence-electron chi connectivity index (χ2n) is 4.91. The quantitative estimate of drug-likeness (QED) is 0.616.